The number of amides is 1. The zero-order valence-corrected chi connectivity index (χ0v) is 15.4. The molecule has 1 aromatic heterocycles. The monoisotopic (exact) mass is 372 g/mol. The molecule has 5 N–H and O–H groups in total. The Morgan fingerprint density at radius 3 is 2.81 bits per heavy atom. The summed E-state index contributed by atoms with van der Waals surface area (Å²) in [7, 11) is 1.50. The average molecular weight is 372 g/mol. The van der Waals surface area contributed by atoms with E-state index in [1.165, 1.54) is 18.3 Å². The first kappa shape index (κ1) is 20.1. The fourth-order valence-corrected chi connectivity index (χ4v) is 2.65. The van der Waals surface area contributed by atoms with Crippen molar-refractivity contribution >= 4 is 29.4 Å². The Hall–Kier alpha value is -3.20. The molecule has 0 aliphatic carbocycles. The minimum Gasteiger partial charge on any atom is -0.475 e. The molecule has 3 rings (SSSR count). The highest BCUT2D eigenvalue weighted by molar-refractivity contribution is 6.11. The van der Waals surface area contributed by atoms with Crippen LogP contribution in [0.5, 0.6) is 5.88 Å². The van der Waals surface area contributed by atoms with Crippen LogP contribution in [-0.2, 0) is 0 Å². The summed E-state index contributed by atoms with van der Waals surface area (Å²) in [5.74, 6) is -0.104. The molecule has 9 heteroatoms. The Bertz CT molecular complexity index is 812. The van der Waals surface area contributed by atoms with E-state index in [2.05, 4.69) is 21.0 Å². The third-order valence-corrected chi connectivity index (χ3v) is 3.89. The van der Waals surface area contributed by atoms with Gasteiger partial charge in [-0.25, -0.2) is 9.97 Å². The lowest BCUT2D eigenvalue weighted by molar-refractivity contribution is 0.0989. The van der Waals surface area contributed by atoms with E-state index in [9.17, 15) is 9.59 Å². The number of nitrogens with one attached hydrogen (secondary N) is 1. The summed E-state index contributed by atoms with van der Waals surface area (Å²) >= 11 is 0. The van der Waals surface area contributed by atoms with Gasteiger partial charge < -0.3 is 26.4 Å². The predicted octanol–water partition coefficient (Wildman–Crippen LogP) is 1.31. The van der Waals surface area contributed by atoms with E-state index in [4.69, 9.17) is 10.5 Å². The molecule has 1 amide bonds. The number of benzene rings is 1. The summed E-state index contributed by atoms with van der Waals surface area (Å²) in [6, 6.07) is 5.25. The van der Waals surface area contributed by atoms with E-state index >= 15 is 0 Å². The molecule has 0 fully saturated rings. The second-order valence-electron chi connectivity index (χ2n) is 5.56. The molecule has 1 aromatic carbocycles. The molecule has 2 aromatic rings. The van der Waals surface area contributed by atoms with Gasteiger partial charge in [-0.3, -0.25) is 9.59 Å². The quantitative estimate of drug-likeness (QED) is 0.668. The summed E-state index contributed by atoms with van der Waals surface area (Å²) in [6.45, 7) is 3.38. The van der Waals surface area contributed by atoms with Gasteiger partial charge in [0, 0.05) is 23.5 Å². The fraction of sp³-hybridized carbons (Fsp3) is 0.333. The molecule has 0 bridgehead atoms. The van der Waals surface area contributed by atoms with Gasteiger partial charge in [0.1, 0.15) is 24.3 Å². The third kappa shape index (κ3) is 4.32. The van der Waals surface area contributed by atoms with E-state index in [1.807, 2.05) is 6.92 Å². The molecule has 0 radical (unpaired) electrons. The van der Waals surface area contributed by atoms with Crippen molar-refractivity contribution in [2.75, 3.05) is 42.7 Å². The normalized spacial score (nSPS) is 12.9. The lowest BCUT2D eigenvalue weighted by atomic mass is 10.1. The molecule has 0 atom stereocenters. The number of nitrogens with two attached hydrogens (primary N) is 2. The van der Waals surface area contributed by atoms with Gasteiger partial charge in [0.05, 0.1) is 6.54 Å². The van der Waals surface area contributed by atoms with Crippen molar-refractivity contribution in [1.29, 1.82) is 0 Å². The molecule has 2 heterocycles. The maximum atomic E-state index is 12.9. The molecule has 144 valence electrons. The molecule has 9 nitrogen and oxygen atoms in total. The van der Waals surface area contributed by atoms with E-state index in [-0.39, 0.29) is 29.8 Å². The van der Waals surface area contributed by atoms with Crippen molar-refractivity contribution in [3.05, 3.63) is 35.7 Å². The van der Waals surface area contributed by atoms with Crippen LogP contribution in [-0.4, -0.2) is 48.9 Å². The first-order chi connectivity index (χ1) is 13.2. The number of rotatable bonds is 5. The smallest absolute Gasteiger partial charge is 0.267 e. The zero-order valence-electron chi connectivity index (χ0n) is 15.4. The highest BCUT2D eigenvalue weighted by Gasteiger charge is 2.28. The number of hydrogen-bond donors (Lipinski definition) is 3. The Morgan fingerprint density at radius 1 is 1.33 bits per heavy atom. The van der Waals surface area contributed by atoms with Crippen molar-refractivity contribution in [1.82, 2.24) is 9.97 Å². The van der Waals surface area contributed by atoms with Gasteiger partial charge in [-0.2, -0.15) is 0 Å². The molecule has 1 aliphatic rings. The molecule has 0 saturated carbocycles. The van der Waals surface area contributed by atoms with Gasteiger partial charge >= 0.3 is 0 Å². The van der Waals surface area contributed by atoms with Gasteiger partial charge in [0.25, 0.3) is 5.91 Å². The number of hydrogen-bond acceptors (Lipinski definition) is 8. The summed E-state index contributed by atoms with van der Waals surface area (Å²) in [4.78, 5) is 33.7. The summed E-state index contributed by atoms with van der Waals surface area (Å²) in [5.41, 5.74) is 12.3. The number of nitrogens with zero attached hydrogens (tertiary/aromatic N) is 3. The standard InChI is InChI=1S/C17H19N5O3.CH5N/c1-2-5-19-13-4-3-12(8-11(13)9-23)22-6-7-25-16-14(17(22)24)15(18)20-10-21-16;1-2/h3-4,8-10,19H,2,5-7H2,1H3,(H2,18,20,21);2H2,1H3. The maximum Gasteiger partial charge on any atom is 0.267 e. The van der Waals surface area contributed by atoms with Crippen LogP contribution >= 0.6 is 0 Å². The van der Waals surface area contributed by atoms with Crippen LogP contribution < -0.4 is 26.4 Å². The predicted molar refractivity (Wildman–Crippen MR) is 104 cm³/mol. The van der Waals surface area contributed by atoms with Crippen molar-refractivity contribution in [3.8, 4) is 5.88 Å². The number of carbonyl (C=O) groups is 2. The zero-order chi connectivity index (χ0) is 19.8. The second kappa shape index (κ2) is 9.48. The van der Waals surface area contributed by atoms with Crippen molar-refractivity contribution < 1.29 is 14.3 Å². The van der Waals surface area contributed by atoms with Crippen LogP contribution in [0, 0.1) is 0 Å². The van der Waals surface area contributed by atoms with Gasteiger partial charge in [0.15, 0.2) is 6.29 Å². The van der Waals surface area contributed by atoms with Crippen molar-refractivity contribution in [2.24, 2.45) is 5.73 Å². The van der Waals surface area contributed by atoms with Gasteiger partial charge in [-0.1, -0.05) is 6.92 Å². The first-order valence-corrected chi connectivity index (χ1v) is 8.61. The van der Waals surface area contributed by atoms with E-state index in [0.717, 1.165) is 24.9 Å². The number of anilines is 3. The van der Waals surface area contributed by atoms with Gasteiger partial charge in [-0.15, -0.1) is 0 Å². The number of nitrogen functional groups attached to an aromatic ring is 1. The number of aromatic nitrogens is 2. The molecule has 0 unspecified atom stereocenters. The maximum absolute atomic E-state index is 12.9. The largest absolute Gasteiger partial charge is 0.475 e. The third-order valence-electron chi connectivity index (χ3n) is 3.89. The Labute approximate surface area is 157 Å². The fourth-order valence-electron chi connectivity index (χ4n) is 2.65. The summed E-state index contributed by atoms with van der Waals surface area (Å²) in [6.07, 6.45) is 2.97. The Morgan fingerprint density at radius 2 is 2.11 bits per heavy atom. The van der Waals surface area contributed by atoms with Crippen LogP contribution in [0.25, 0.3) is 0 Å². The van der Waals surface area contributed by atoms with E-state index < -0.39 is 0 Å². The molecule has 1 aliphatic heterocycles. The van der Waals surface area contributed by atoms with Crippen molar-refractivity contribution in [2.45, 2.75) is 13.3 Å². The van der Waals surface area contributed by atoms with Gasteiger partial charge in [-0.05, 0) is 31.7 Å². The topological polar surface area (TPSA) is 136 Å². The van der Waals surface area contributed by atoms with Crippen LogP contribution in [0.4, 0.5) is 17.2 Å². The molecule has 27 heavy (non-hydrogen) atoms. The Balaban J connectivity index is 0.00000126. The SMILES string of the molecule is CCCNc1ccc(N2CCOc3ncnc(N)c3C2=O)cc1C=O.CN. The van der Waals surface area contributed by atoms with Crippen LogP contribution in [0.15, 0.2) is 24.5 Å². The van der Waals surface area contributed by atoms with Crippen LogP contribution in [0.3, 0.4) is 0 Å². The second-order valence-corrected chi connectivity index (χ2v) is 5.56. The van der Waals surface area contributed by atoms with Gasteiger partial charge in [0.2, 0.25) is 5.88 Å². The average Bonchev–Trinajstić information content (AvgIpc) is 2.87. The van der Waals surface area contributed by atoms with Crippen LogP contribution in [0.2, 0.25) is 0 Å². The van der Waals surface area contributed by atoms with Crippen LogP contribution in [0.1, 0.15) is 34.1 Å². The minimum atomic E-state index is -0.350. The van der Waals surface area contributed by atoms with E-state index in [1.54, 1.807) is 18.2 Å². The minimum absolute atomic E-state index is 0.0683. The molecule has 0 spiro atoms. The summed E-state index contributed by atoms with van der Waals surface area (Å²) in [5, 5.41) is 3.19. The number of aldehydes is 1. The highest BCUT2D eigenvalue weighted by atomic mass is 16.5. The first-order valence-electron chi connectivity index (χ1n) is 8.61. The Kier molecular flexibility index (Phi) is 7.07. The number of fused-ring (bicyclic) bond motifs is 1. The molecular formula is C18H24N6O3. The number of ether oxygens (including phenoxy) is 1. The molecule has 0 saturated heterocycles. The number of carbonyl (C=O) groups excluding carboxylic acids is 2. The lowest BCUT2D eigenvalue weighted by Gasteiger charge is -2.21. The lowest BCUT2D eigenvalue weighted by Crippen LogP contribution is -2.33. The van der Waals surface area contributed by atoms with Crippen molar-refractivity contribution in [3.63, 3.8) is 0 Å². The summed E-state index contributed by atoms with van der Waals surface area (Å²) < 4.78 is 5.51. The molecular weight excluding hydrogens is 348 g/mol. The highest BCUT2D eigenvalue weighted by Crippen LogP contribution is 2.29. The van der Waals surface area contributed by atoms with E-state index in [0.29, 0.717) is 17.8 Å².